The SMILES string of the molecule is CC(C)(C)c1csc(CNCCCC2CCCC2)n1. The van der Waals surface area contributed by atoms with Crippen LogP contribution in [0.3, 0.4) is 0 Å². The topological polar surface area (TPSA) is 24.9 Å². The van der Waals surface area contributed by atoms with E-state index in [0.717, 1.165) is 19.0 Å². The van der Waals surface area contributed by atoms with E-state index in [2.05, 4.69) is 31.5 Å². The van der Waals surface area contributed by atoms with Gasteiger partial charge in [-0.05, 0) is 25.3 Å². The second-order valence-corrected chi connectivity index (χ2v) is 7.79. The number of hydrogen-bond donors (Lipinski definition) is 1. The van der Waals surface area contributed by atoms with Crippen molar-refractivity contribution in [2.45, 2.75) is 71.3 Å². The Bertz CT molecular complexity index is 372. The Morgan fingerprint density at radius 1 is 1.32 bits per heavy atom. The highest BCUT2D eigenvalue weighted by molar-refractivity contribution is 7.09. The van der Waals surface area contributed by atoms with Gasteiger partial charge in [0, 0.05) is 17.3 Å². The molecule has 0 amide bonds. The van der Waals surface area contributed by atoms with Crippen LogP contribution < -0.4 is 5.32 Å². The molecule has 0 unspecified atom stereocenters. The van der Waals surface area contributed by atoms with Gasteiger partial charge >= 0.3 is 0 Å². The van der Waals surface area contributed by atoms with Gasteiger partial charge in [-0.1, -0.05) is 46.5 Å². The van der Waals surface area contributed by atoms with Gasteiger partial charge in [-0.15, -0.1) is 11.3 Å². The molecule has 0 aromatic carbocycles. The van der Waals surface area contributed by atoms with Crippen LogP contribution >= 0.6 is 11.3 Å². The minimum Gasteiger partial charge on any atom is -0.310 e. The third kappa shape index (κ3) is 4.88. The van der Waals surface area contributed by atoms with E-state index in [0.29, 0.717) is 0 Å². The molecule has 1 saturated carbocycles. The molecule has 1 aliphatic carbocycles. The number of thiazole rings is 1. The monoisotopic (exact) mass is 280 g/mol. The highest BCUT2D eigenvalue weighted by Crippen LogP contribution is 2.28. The van der Waals surface area contributed by atoms with Crippen molar-refractivity contribution in [3.63, 3.8) is 0 Å². The first-order chi connectivity index (χ1) is 9.05. The lowest BCUT2D eigenvalue weighted by Gasteiger charge is -2.14. The van der Waals surface area contributed by atoms with Gasteiger partial charge < -0.3 is 5.32 Å². The summed E-state index contributed by atoms with van der Waals surface area (Å²) in [5.74, 6) is 1.02. The summed E-state index contributed by atoms with van der Waals surface area (Å²) >= 11 is 1.79. The molecule has 108 valence electrons. The predicted octanol–water partition coefficient (Wildman–Crippen LogP) is 4.50. The fourth-order valence-corrected chi connectivity index (χ4v) is 3.74. The Labute approximate surface area is 122 Å². The third-order valence-corrected chi connectivity index (χ3v) is 4.89. The molecule has 0 atom stereocenters. The van der Waals surface area contributed by atoms with Crippen LogP contribution in [0.2, 0.25) is 0 Å². The third-order valence-electron chi connectivity index (χ3n) is 4.04. The lowest BCUT2D eigenvalue weighted by Crippen LogP contribution is -2.16. The van der Waals surface area contributed by atoms with Crippen molar-refractivity contribution in [1.29, 1.82) is 0 Å². The predicted molar refractivity (Wildman–Crippen MR) is 83.7 cm³/mol. The molecule has 3 heteroatoms. The van der Waals surface area contributed by atoms with E-state index in [9.17, 15) is 0 Å². The molecule has 1 aromatic rings. The smallest absolute Gasteiger partial charge is 0.107 e. The lowest BCUT2D eigenvalue weighted by molar-refractivity contribution is 0.470. The summed E-state index contributed by atoms with van der Waals surface area (Å²) in [4.78, 5) is 4.71. The van der Waals surface area contributed by atoms with Crippen LogP contribution in [0.15, 0.2) is 5.38 Å². The number of rotatable bonds is 6. The first kappa shape index (κ1) is 15.0. The Kier molecular flexibility index (Phi) is 5.40. The molecule has 1 N–H and O–H groups in total. The summed E-state index contributed by atoms with van der Waals surface area (Å²) < 4.78 is 0. The van der Waals surface area contributed by atoms with Crippen molar-refractivity contribution < 1.29 is 0 Å². The van der Waals surface area contributed by atoms with E-state index in [-0.39, 0.29) is 5.41 Å². The van der Waals surface area contributed by atoms with Crippen molar-refractivity contribution in [1.82, 2.24) is 10.3 Å². The Morgan fingerprint density at radius 2 is 2.05 bits per heavy atom. The molecule has 1 aromatic heterocycles. The van der Waals surface area contributed by atoms with Crippen LogP contribution in [-0.4, -0.2) is 11.5 Å². The maximum Gasteiger partial charge on any atom is 0.107 e. The van der Waals surface area contributed by atoms with Gasteiger partial charge in [0.15, 0.2) is 0 Å². The molecule has 19 heavy (non-hydrogen) atoms. The van der Waals surface area contributed by atoms with Gasteiger partial charge in [0.25, 0.3) is 0 Å². The van der Waals surface area contributed by atoms with Crippen LogP contribution in [0.1, 0.15) is 70.0 Å². The van der Waals surface area contributed by atoms with Crippen molar-refractivity contribution in [2.75, 3.05) is 6.54 Å². The molecule has 1 fully saturated rings. The summed E-state index contributed by atoms with van der Waals surface area (Å²) in [5.41, 5.74) is 1.40. The van der Waals surface area contributed by atoms with Gasteiger partial charge in [-0.2, -0.15) is 0 Å². The Hall–Kier alpha value is -0.410. The van der Waals surface area contributed by atoms with Crippen molar-refractivity contribution in [2.24, 2.45) is 5.92 Å². The second kappa shape index (κ2) is 6.85. The number of aromatic nitrogens is 1. The van der Waals surface area contributed by atoms with Crippen LogP contribution in [-0.2, 0) is 12.0 Å². The van der Waals surface area contributed by atoms with Crippen molar-refractivity contribution in [3.05, 3.63) is 16.1 Å². The quantitative estimate of drug-likeness (QED) is 0.776. The lowest BCUT2D eigenvalue weighted by atomic mass is 9.93. The minimum atomic E-state index is 0.178. The van der Waals surface area contributed by atoms with Gasteiger partial charge in [0.2, 0.25) is 0 Å². The normalized spacial score (nSPS) is 17.2. The van der Waals surface area contributed by atoms with Crippen molar-refractivity contribution >= 4 is 11.3 Å². The van der Waals surface area contributed by atoms with E-state index in [1.807, 2.05) is 0 Å². The molecule has 1 aliphatic rings. The molecule has 0 saturated heterocycles. The Morgan fingerprint density at radius 3 is 2.68 bits per heavy atom. The highest BCUT2D eigenvalue weighted by atomic mass is 32.1. The van der Waals surface area contributed by atoms with Crippen molar-refractivity contribution in [3.8, 4) is 0 Å². The maximum absolute atomic E-state index is 4.71. The van der Waals surface area contributed by atoms with Gasteiger partial charge in [-0.25, -0.2) is 4.98 Å². The van der Waals surface area contributed by atoms with E-state index < -0.39 is 0 Å². The number of nitrogens with zero attached hydrogens (tertiary/aromatic N) is 1. The Balaban J connectivity index is 1.61. The zero-order chi connectivity index (χ0) is 13.7. The number of hydrogen-bond acceptors (Lipinski definition) is 3. The first-order valence-electron chi connectivity index (χ1n) is 7.71. The molecule has 2 nitrogen and oxygen atoms in total. The highest BCUT2D eigenvalue weighted by Gasteiger charge is 2.17. The average Bonchev–Trinajstić information content (AvgIpc) is 2.97. The second-order valence-electron chi connectivity index (χ2n) is 6.85. The fraction of sp³-hybridized carbons (Fsp3) is 0.812. The largest absolute Gasteiger partial charge is 0.310 e. The molecular formula is C16H28N2S. The van der Waals surface area contributed by atoms with E-state index in [1.165, 1.54) is 49.2 Å². The summed E-state index contributed by atoms with van der Waals surface area (Å²) in [5, 5.41) is 6.97. The van der Waals surface area contributed by atoms with Crippen LogP contribution in [0.5, 0.6) is 0 Å². The molecule has 0 radical (unpaired) electrons. The van der Waals surface area contributed by atoms with E-state index in [4.69, 9.17) is 4.98 Å². The zero-order valence-electron chi connectivity index (χ0n) is 12.7. The summed E-state index contributed by atoms with van der Waals surface area (Å²) in [6.45, 7) is 8.74. The maximum atomic E-state index is 4.71. The van der Waals surface area contributed by atoms with Crippen LogP contribution in [0, 0.1) is 5.92 Å². The molecule has 2 rings (SSSR count). The van der Waals surface area contributed by atoms with Gasteiger partial charge in [0.05, 0.1) is 5.69 Å². The number of nitrogens with one attached hydrogen (secondary N) is 1. The van der Waals surface area contributed by atoms with E-state index in [1.54, 1.807) is 11.3 Å². The molecule has 1 heterocycles. The van der Waals surface area contributed by atoms with Gasteiger partial charge in [0.1, 0.15) is 5.01 Å². The van der Waals surface area contributed by atoms with Crippen LogP contribution in [0.4, 0.5) is 0 Å². The first-order valence-corrected chi connectivity index (χ1v) is 8.59. The molecular weight excluding hydrogens is 252 g/mol. The summed E-state index contributed by atoms with van der Waals surface area (Å²) in [6, 6.07) is 0. The van der Waals surface area contributed by atoms with E-state index >= 15 is 0 Å². The summed E-state index contributed by atoms with van der Waals surface area (Å²) in [6.07, 6.45) is 8.61. The fourth-order valence-electron chi connectivity index (χ4n) is 2.75. The zero-order valence-corrected chi connectivity index (χ0v) is 13.5. The summed E-state index contributed by atoms with van der Waals surface area (Å²) in [7, 11) is 0. The van der Waals surface area contributed by atoms with Crippen LogP contribution in [0.25, 0.3) is 0 Å². The molecule has 0 bridgehead atoms. The minimum absolute atomic E-state index is 0.178. The average molecular weight is 280 g/mol. The molecule has 0 spiro atoms. The standard InChI is InChI=1S/C16H28N2S/c1-16(2,3)14-12-19-15(18-14)11-17-10-6-9-13-7-4-5-8-13/h12-13,17H,4-11H2,1-3H3. The molecule has 0 aliphatic heterocycles. The van der Waals surface area contributed by atoms with Gasteiger partial charge in [-0.3, -0.25) is 0 Å².